The van der Waals surface area contributed by atoms with Crippen LogP contribution in [-0.2, 0) is 15.3 Å². The molecule has 0 unspecified atom stereocenters. The molecular formula is C23H24Cl2N2O4S. The van der Waals surface area contributed by atoms with Crippen molar-refractivity contribution in [3.63, 3.8) is 0 Å². The van der Waals surface area contributed by atoms with Gasteiger partial charge >= 0.3 is 5.97 Å². The lowest BCUT2D eigenvalue weighted by molar-refractivity contribution is -0.138. The van der Waals surface area contributed by atoms with E-state index in [9.17, 15) is 4.79 Å². The van der Waals surface area contributed by atoms with E-state index >= 15 is 0 Å². The first-order valence-corrected chi connectivity index (χ1v) is 11.6. The summed E-state index contributed by atoms with van der Waals surface area (Å²) in [6.07, 6.45) is 0. The van der Waals surface area contributed by atoms with E-state index in [0.717, 1.165) is 11.1 Å². The van der Waals surface area contributed by atoms with Crippen LogP contribution in [0.1, 0.15) is 31.0 Å². The predicted molar refractivity (Wildman–Crippen MR) is 130 cm³/mol. The fourth-order valence-electron chi connectivity index (χ4n) is 3.24. The Morgan fingerprint density at radius 3 is 2.56 bits per heavy atom. The SMILES string of the molecule is CCOC(=O)C1=C(C)NC(SCc2ccc(Cl)c(Cl)c2)=N[C@H]1c1ccc(OC)cc1OC. The lowest BCUT2D eigenvalue weighted by Gasteiger charge is -2.27. The number of ether oxygens (including phenoxy) is 3. The average Bonchev–Trinajstić information content (AvgIpc) is 2.79. The smallest absolute Gasteiger partial charge is 0.338 e. The van der Waals surface area contributed by atoms with Crippen LogP contribution in [0.25, 0.3) is 0 Å². The number of thioether (sulfide) groups is 1. The van der Waals surface area contributed by atoms with Crippen molar-refractivity contribution in [2.24, 2.45) is 4.99 Å². The zero-order valence-electron chi connectivity index (χ0n) is 18.2. The van der Waals surface area contributed by atoms with Crippen LogP contribution < -0.4 is 14.8 Å². The lowest BCUT2D eigenvalue weighted by Crippen LogP contribution is -2.30. The van der Waals surface area contributed by atoms with Crippen LogP contribution in [0.4, 0.5) is 0 Å². The molecule has 0 amide bonds. The van der Waals surface area contributed by atoms with E-state index in [2.05, 4.69) is 5.32 Å². The molecule has 6 nitrogen and oxygen atoms in total. The summed E-state index contributed by atoms with van der Waals surface area (Å²) in [7, 11) is 3.16. The molecule has 1 aliphatic heterocycles. The fourth-order valence-corrected chi connectivity index (χ4v) is 4.45. The number of benzene rings is 2. The zero-order valence-corrected chi connectivity index (χ0v) is 20.5. The summed E-state index contributed by atoms with van der Waals surface area (Å²) < 4.78 is 16.2. The van der Waals surface area contributed by atoms with Gasteiger partial charge in [0.25, 0.3) is 0 Å². The Balaban J connectivity index is 1.96. The van der Waals surface area contributed by atoms with Crippen LogP contribution in [0.15, 0.2) is 52.7 Å². The Morgan fingerprint density at radius 1 is 1.12 bits per heavy atom. The second-order valence-corrected chi connectivity index (χ2v) is 8.64. The number of hydrogen-bond acceptors (Lipinski definition) is 7. The van der Waals surface area contributed by atoms with Gasteiger partial charge in [-0.15, -0.1) is 0 Å². The molecule has 2 aromatic rings. The van der Waals surface area contributed by atoms with Crippen molar-refractivity contribution < 1.29 is 19.0 Å². The standard InChI is InChI=1S/C23H24Cl2N2O4S/c1-5-31-22(28)20-13(2)26-23(32-12-14-6-9-17(24)18(25)10-14)27-21(20)16-8-7-15(29-3)11-19(16)30-4/h6-11,21H,5,12H2,1-4H3,(H,26,27)/t21-/m0/s1. The van der Waals surface area contributed by atoms with Crippen molar-refractivity contribution in [2.45, 2.75) is 25.6 Å². The number of aliphatic imine (C=N–C) groups is 1. The first-order chi connectivity index (χ1) is 15.4. The Morgan fingerprint density at radius 2 is 1.91 bits per heavy atom. The highest BCUT2D eigenvalue weighted by Crippen LogP contribution is 2.39. The van der Waals surface area contributed by atoms with E-state index in [1.165, 1.54) is 11.8 Å². The lowest BCUT2D eigenvalue weighted by atomic mass is 9.95. The van der Waals surface area contributed by atoms with Gasteiger partial charge in [0.1, 0.15) is 17.5 Å². The average molecular weight is 495 g/mol. The van der Waals surface area contributed by atoms with Gasteiger partial charge in [-0.05, 0) is 43.7 Å². The number of hydrogen-bond donors (Lipinski definition) is 1. The highest BCUT2D eigenvalue weighted by molar-refractivity contribution is 8.13. The zero-order chi connectivity index (χ0) is 23.3. The van der Waals surface area contributed by atoms with Gasteiger partial charge in [-0.2, -0.15) is 0 Å². The molecule has 0 saturated heterocycles. The Hall–Kier alpha value is -2.35. The molecule has 0 bridgehead atoms. The summed E-state index contributed by atoms with van der Waals surface area (Å²) in [6.45, 7) is 3.88. The highest BCUT2D eigenvalue weighted by atomic mass is 35.5. The van der Waals surface area contributed by atoms with Crippen LogP contribution in [0.2, 0.25) is 10.0 Å². The number of rotatable bonds is 7. The number of halogens is 2. The van der Waals surface area contributed by atoms with Crippen LogP contribution in [0.5, 0.6) is 11.5 Å². The van der Waals surface area contributed by atoms with Crippen LogP contribution in [0, 0.1) is 0 Å². The van der Waals surface area contributed by atoms with Gasteiger partial charge < -0.3 is 19.5 Å². The molecule has 170 valence electrons. The van der Waals surface area contributed by atoms with Gasteiger partial charge in [-0.25, -0.2) is 9.79 Å². The third-order valence-electron chi connectivity index (χ3n) is 4.81. The molecule has 1 N–H and O–H groups in total. The van der Waals surface area contributed by atoms with Gasteiger partial charge in [0.15, 0.2) is 5.17 Å². The quantitative estimate of drug-likeness (QED) is 0.491. The second kappa shape index (κ2) is 11.0. The minimum absolute atomic E-state index is 0.269. The summed E-state index contributed by atoms with van der Waals surface area (Å²) in [5, 5.41) is 4.92. The van der Waals surface area contributed by atoms with Gasteiger partial charge in [0.2, 0.25) is 0 Å². The van der Waals surface area contributed by atoms with Gasteiger partial charge in [-0.1, -0.05) is 41.0 Å². The minimum atomic E-state index is -0.590. The Labute approximate surface area is 201 Å². The predicted octanol–water partition coefficient (Wildman–Crippen LogP) is 5.78. The van der Waals surface area contributed by atoms with Gasteiger partial charge in [0.05, 0.1) is 36.4 Å². The number of carbonyl (C=O) groups is 1. The maximum absolute atomic E-state index is 12.8. The van der Waals surface area contributed by atoms with Crippen molar-refractivity contribution in [3.8, 4) is 11.5 Å². The first kappa shape index (κ1) is 24.3. The summed E-state index contributed by atoms with van der Waals surface area (Å²) >= 11 is 13.6. The van der Waals surface area contributed by atoms with E-state index < -0.39 is 12.0 Å². The number of esters is 1. The third kappa shape index (κ3) is 5.52. The van der Waals surface area contributed by atoms with E-state index in [4.69, 9.17) is 42.4 Å². The molecule has 3 rings (SSSR count). The van der Waals surface area contributed by atoms with E-state index in [0.29, 0.717) is 43.7 Å². The Kier molecular flexibility index (Phi) is 8.34. The van der Waals surface area contributed by atoms with Gasteiger partial charge in [0, 0.05) is 23.1 Å². The van der Waals surface area contributed by atoms with E-state index in [-0.39, 0.29) is 6.61 Å². The molecule has 1 aliphatic rings. The maximum atomic E-state index is 12.8. The van der Waals surface area contributed by atoms with E-state index in [1.807, 2.05) is 31.2 Å². The molecule has 1 atom stereocenters. The molecular weight excluding hydrogens is 471 g/mol. The summed E-state index contributed by atoms with van der Waals surface area (Å²) in [6, 6.07) is 10.4. The van der Waals surface area contributed by atoms with Crippen LogP contribution in [0.3, 0.4) is 0 Å². The van der Waals surface area contributed by atoms with E-state index in [1.54, 1.807) is 33.3 Å². The van der Waals surface area contributed by atoms with Crippen molar-refractivity contribution in [1.82, 2.24) is 5.32 Å². The molecule has 0 radical (unpaired) electrons. The monoisotopic (exact) mass is 494 g/mol. The normalized spacial score (nSPS) is 15.7. The van der Waals surface area contributed by atoms with Gasteiger partial charge in [-0.3, -0.25) is 0 Å². The minimum Gasteiger partial charge on any atom is -0.497 e. The second-order valence-electron chi connectivity index (χ2n) is 6.87. The number of amidine groups is 1. The molecule has 32 heavy (non-hydrogen) atoms. The molecule has 0 fully saturated rings. The number of carbonyl (C=O) groups excluding carboxylic acids is 1. The van der Waals surface area contributed by atoms with Crippen molar-refractivity contribution in [3.05, 3.63) is 68.8 Å². The molecule has 2 aromatic carbocycles. The molecule has 0 saturated carbocycles. The molecule has 0 spiro atoms. The third-order valence-corrected chi connectivity index (χ3v) is 6.51. The molecule has 1 heterocycles. The first-order valence-electron chi connectivity index (χ1n) is 9.89. The number of nitrogens with one attached hydrogen (secondary N) is 1. The number of allylic oxidation sites excluding steroid dienone is 1. The molecule has 0 aliphatic carbocycles. The molecule has 0 aromatic heterocycles. The molecule has 9 heteroatoms. The van der Waals surface area contributed by atoms with Crippen LogP contribution in [-0.4, -0.2) is 32.0 Å². The van der Waals surface area contributed by atoms with Crippen molar-refractivity contribution >= 4 is 46.1 Å². The summed E-state index contributed by atoms with van der Waals surface area (Å²) in [5.74, 6) is 1.43. The fraction of sp³-hybridized carbons (Fsp3) is 0.304. The number of methoxy groups -OCH3 is 2. The van der Waals surface area contributed by atoms with Crippen LogP contribution >= 0.6 is 35.0 Å². The number of nitrogens with zero attached hydrogens (tertiary/aromatic N) is 1. The van der Waals surface area contributed by atoms with Crippen molar-refractivity contribution in [2.75, 3.05) is 20.8 Å². The topological polar surface area (TPSA) is 69.2 Å². The Bertz CT molecular complexity index is 1070. The summed E-state index contributed by atoms with van der Waals surface area (Å²) in [5.41, 5.74) is 2.86. The summed E-state index contributed by atoms with van der Waals surface area (Å²) in [4.78, 5) is 17.6. The highest BCUT2D eigenvalue weighted by Gasteiger charge is 2.32. The maximum Gasteiger partial charge on any atom is 0.338 e. The van der Waals surface area contributed by atoms with Crippen molar-refractivity contribution in [1.29, 1.82) is 0 Å². The largest absolute Gasteiger partial charge is 0.497 e.